The molecule has 1 heteroatoms. The summed E-state index contributed by atoms with van der Waals surface area (Å²) in [6, 6.07) is 23.7. The van der Waals surface area contributed by atoms with Crippen molar-refractivity contribution < 1.29 is 0 Å². The molecule has 0 unspecified atom stereocenters. The van der Waals surface area contributed by atoms with Crippen LogP contribution in [-0.4, -0.2) is 7.05 Å². The van der Waals surface area contributed by atoms with E-state index >= 15 is 0 Å². The van der Waals surface area contributed by atoms with Gasteiger partial charge in [-0.15, -0.1) is 0 Å². The van der Waals surface area contributed by atoms with Crippen molar-refractivity contribution in [3.63, 3.8) is 0 Å². The number of fused-ring (bicyclic) bond motifs is 2. The predicted octanol–water partition coefficient (Wildman–Crippen LogP) is 3.82. The number of likely N-dealkylation sites (N-methyl/N-ethyl adjacent to an activating group) is 1. The van der Waals surface area contributed by atoms with Gasteiger partial charge in [0.2, 0.25) is 0 Å². The highest BCUT2D eigenvalue weighted by Crippen LogP contribution is 2.28. The summed E-state index contributed by atoms with van der Waals surface area (Å²) in [6.45, 7) is 0. The molecule has 0 radical (unpaired) electrons. The minimum atomic E-state index is 0.976. The van der Waals surface area contributed by atoms with Gasteiger partial charge in [-0.1, -0.05) is 72.8 Å². The third kappa shape index (κ3) is 2.44. The van der Waals surface area contributed by atoms with Crippen molar-refractivity contribution in [3.05, 3.63) is 89.3 Å². The Morgan fingerprint density at radius 2 is 1.61 bits per heavy atom. The molecule has 0 aromatic heterocycles. The number of benzene rings is 3. The van der Waals surface area contributed by atoms with Crippen LogP contribution in [0.15, 0.2) is 78.9 Å². The molecule has 0 atom stereocenters. The summed E-state index contributed by atoms with van der Waals surface area (Å²) in [7, 11) is 2.16. The second-order valence-corrected chi connectivity index (χ2v) is 5.87. The molecular weight excluding hydrogens is 278 g/mol. The first-order chi connectivity index (χ1) is 11.3. The van der Waals surface area contributed by atoms with Crippen LogP contribution in [0.3, 0.4) is 0 Å². The van der Waals surface area contributed by atoms with Crippen molar-refractivity contribution in [2.24, 2.45) is 0 Å². The van der Waals surface area contributed by atoms with Crippen molar-refractivity contribution in [2.45, 2.75) is 6.42 Å². The average molecular weight is 297 g/mol. The quantitative estimate of drug-likeness (QED) is 0.695. The first-order valence-electron chi connectivity index (χ1n) is 8.02. The van der Waals surface area contributed by atoms with Gasteiger partial charge in [-0.2, -0.15) is 0 Å². The van der Waals surface area contributed by atoms with Gasteiger partial charge in [0, 0.05) is 29.0 Å². The summed E-state index contributed by atoms with van der Waals surface area (Å²) in [6.07, 6.45) is 7.74. The highest BCUT2D eigenvalue weighted by atomic mass is 15.1. The standard InChI is InChI=1S/C22H19N/c1-23(22-16-8-12-18-10-3-6-14-20(18)22)21-15-7-4-11-17-9-2-5-13-19(17)21/h2-3,5-16H,4H2,1H3. The third-order valence-electron chi connectivity index (χ3n) is 4.48. The summed E-state index contributed by atoms with van der Waals surface area (Å²) in [5.41, 5.74) is 2.48. The SMILES string of the molecule is CN(C1=c2ccccc2=CCC=C1)c1cccc2ccccc12. The highest BCUT2D eigenvalue weighted by molar-refractivity contribution is 5.97. The lowest BCUT2D eigenvalue weighted by molar-refractivity contribution is 1.23. The fraction of sp³-hybridized carbons (Fsp3) is 0.0909. The van der Waals surface area contributed by atoms with Crippen LogP contribution in [0.2, 0.25) is 0 Å². The molecule has 0 heterocycles. The van der Waals surface area contributed by atoms with Crippen LogP contribution in [0, 0.1) is 0 Å². The second-order valence-electron chi connectivity index (χ2n) is 5.87. The Kier molecular flexibility index (Phi) is 3.47. The maximum Gasteiger partial charge on any atom is 0.0487 e. The Hall–Kier alpha value is -2.80. The molecular formula is C22H19N. The maximum atomic E-state index is 2.30. The van der Waals surface area contributed by atoms with E-state index in [9.17, 15) is 0 Å². The molecule has 0 fully saturated rings. The third-order valence-corrected chi connectivity index (χ3v) is 4.48. The number of allylic oxidation sites excluding steroid dienone is 1. The Bertz CT molecular complexity index is 1010. The van der Waals surface area contributed by atoms with Gasteiger partial charge in [0.1, 0.15) is 0 Å². The number of anilines is 1. The molecule has 112 valence electrons. The summed E-state index contributed by atoms with van der Waals surface area (Å²) in [4.78, 5) is 2.30. The molecule has 0 saturated heterocycles. The zero-order valence-electron chi connectivity index (χ0n) is 13.2. The van der Waals surface area contributed by atoms with Crippen LogP contribution in [0.25, 0.3) is 22.5 Å². The summed E-state index contributed by atoms with van der Waals surface area (Å²) < 4.78 is 0. The van der Waals surface area contributed by atoms with Crippen LogP contribution < -0.4 is 15.3 Å². The zero-order chi connectivity index (χ0) is 15.6. The van der Waals surface area contributed by atoms with E-state index in [2.05, 4.69) is 96.9 Å². The second kappa shape index (κ2) is 5.77. The van der Waals surface area contributed by atoms with E-state index in [1.807, 2.05) is 0 Å². The van der Waals surface area contributed by atoms with Crippen molar-refractivity contribution in [1.82, 2.24) is 0 Å². The van der Waals surface area contributed by atoms with Gasteiger partial charge in [-0.3, -0.25) is 0 Å². The maximum absolute atomic E-state index is 2.30. The van der Waals surface area contributed by atoms with Crippen molar-refractivity contribution >= 4 is 28.2 Å². The fourth-order valence-electron chi connectivity index (χ4n) is 3.30. The van der Waals surface area contributed by atoms with Crippen LogP contribution in [0.1, 0.15) is 6.42 Å². The minimum Gasteiger partial charge on any atom is -0.344 e. The number of hydrogen-bond donors (Lipinski definition) is 0. The summed E-state index contributed by atoms with van der Waals surface area (Å²) >= 11 is 0. The van der Waals surface area contributed by atoms with Gasteiger partial charge in [-0.05, 0) is 29.2 Å². The molecule has 0 bridgehead atoms. The lowest BCUT2D eigenvalue weighted by Crippen LogP contribution is -2.31. The Morgan fingerprint density at radius 1 is 0.826 bits per heavy atom. The summed E-state index contributed by atoms with van der Waals surface area (Å²) in [5, 5.41) is 5.15. The molecule has 1 aliphatic carbocycles. The zero-order valence-corrected chi connectivity index (χ0v) is 13.2. The number of rotatable bonds is 2. The van der Waals surface area contributed by atoms with Crippen LogP contribution in [-0.2, 0) is 0 Å². The minimum absolute atomic E-state index is 0.976. The molecule has 0 N–H and O–H groups in total. The number of nitrogens with zero attached hydrogens (tertiary/aromatic N) is 1. The molecule has 0 spiro atoms. The van der Waals surface area contributed by atoms with Crippen molar-refractivity contribution in [3.8, 4) is 0 Å². The average Bonchev–Trinajstić information content (AvgIpc) is 2.83. The van der Waals surface area contributed by atoms with Gasteiger partial charge >= 0.3 is 0 Å². The lowest BCUT2D eigenvalue weighted by atomic mass is 10.1. The first-order valence-corrected chi connectivity index (χ1v) is 8.02. The molecule has 1 nitrogen and oxygen atoms in total. The van der Waals surface area contributed by atoms with E-state index in [0.29, 0.717) is 0 Å². The normalized spacial score (nSPS) is 13.3. The smallest absolute Gasteiger partial charge is 0.0487 e. The molecule has 0 amide bonds. The molecule has 0 aliphatic heterocycles. The van der Waals surface area contributed by atoms with E-state index in [4.69, 9.17) is 0 Å². The van der Waals surface area contributed by atoms with E-state index < -0.39 is 0 Å². The molecule has 3 aromatic rings. The van der Waals surface area contributed by atoms with Crippen LogP contribution >= 0.6 is 0 Å². The van der Waals surface area contributed by atoms with Gasteiger partial charge in [-0.25, -0.2) is 0 Å². The highest BCUT2D eigenvalue weighted by Gasteiger charge is 2.10. The molecule has 23 heavy (non-hydrogen) atoms. The van der Waals surface area contributed by atoms with Crippen LogP contribution in [0.5, 0.6) is 0 Å². The fourth-order valence-corrected chi connectivity index (χ4v) is 3.30. The lowest BCUT2D eigenvalue weighted by Gasteiger charge is -2.22. The van der Waals surface area contributed by atoms with Crippen molar-refractivity contribution in [1.29, 1.82) is 0 Å². The predicted molar refractivity (Wildman–Crippen MR) is 99.7 cm³/mol. The molecule has 1 aliphatic rings. The number of hydrogen-bond acceptors (Lipinski definition) is 1. The van der Waals surface area contributed by atoms with Gasteiger partial charge in [0.25, 0.3) is 0 Å². The topological polar surface area (TPSA) is 3.24 Å². The largest absolute Gasteiger partial charge is 0.344 e. The van der Waals surface area contributed by atoms with E-state index in [1.54, 1.807) is 0 Å². The van der Waals surface area contributed by atoms with E-state index in [0.717, 1.165) is 6.42 Å². The molecule has 3 aromatic carbocycles. The Labute approximate surface area is 136 Å². The first kappa shape index (κ1) is 13.8. The molecule has 4 rings (SSSR count). The Morgan fingerprint density at radius 3 is 2.57 bits per heavy atom. The van der Waals surface area contributed by atoms with Crippen LogP contribution in [0.4, 0.5) is 5.69 Å². The molecule has 0 saturated carbocycles. The summed E-state index contributed by atoms with van der Waals surface area (Å²) in [5.74, 6) is 0. The van der Waals surface area contributed by atoms with Crippen molar-refractivity contribution in [2.75, 3.05) is 11.9 Å². The van der Waals surface area contributed by atoms with E-state index in [1.165, 1.54) is 32.6 Å². The van der Waals surface area contributed by atoms with E-state index in [-0.39, 0.29) is 0 Å². The van der Waals surface area contributed by atoms with Gasteiger partial charge < -0.3 is 4.90 Å². The Balaban J connectivity index is 1.98. The van der Waals surface area contributed by atoms with Gasteiger partial charge in [0.15, 0.2) is 0 Å². The van der Waals surface area contributed by atoms with Gasteiger partial charge in [0.05, 0.1) is 0 Å². The monoisotopic (exact) mass is 297 g/mol.